The summed E-state index contributed by atoms with van der Waals surface area (Å²) < 4.78 is 0. The zero-order valence-corrected chi connectivity index (χ0v) is 24.8. The Labute approximate surface area is 241 Å². The average molecular weight is 584 g/mol. The van der Waals surface area contributed by atoms with Crippen molar-refractivity contribution in [3.8, 4) is 0 Å². The van der Waals surface area contributed by atoms with E-state index in [9.17, 15) is 14.4 Å². The van der Waals surface area contributed by atoms with E-state index >= 15 is 0 Å². The zero-order valence-electron chi connectivity index (χ0n) is 23.3. The number of carboxylic acids is 1. The number of nitrogens with one attached hydrogen (secondary N) is 2. The predicted molar refractivity (Wildman–Crippen MR) is 157 cm³/mol. The molecule has 10 heteroatoms. The number of halogens is 2. The molecule has 39 heavy (non-hydrogen) atoms. The Morgan fingerprint density at radius 2 is 1.59 bits per heavy atom. The standard InChI is InChI=1S/C19H28N2O3.C7H4Cl2O.C2H6.CH2O2/c1-12(9-13-5-7-15(20-4)8-6-13)21-17(22)11-14-10-16(18(23)24)19(14,2)3;8-6-2-1-3-7(9)5(6)4-10;1-2;2-1-3/h5-8,12,14,16,20H,9-11H2,1-4H3,(H,21,22)(H,23,24);1-4H;1-2H3;1H,(H,2,3). The molecular weight excluding hydrogens is 543 g/mol. The van der Waals surface area contributed by atoms with E-state index in [0.717, 1.165) is 12.1 Å². The first-order chi connectivity index (χ1) is 18.4. The molecule has 1 amide bonds. The number of aliphatic carboxylic acids is 1. The fourth-order valence-electron chi connectivity index (χ4n) is 4.17. The molecule has 0 bridgehead atoms. The van der Waals surface area contributed by atoms with Crippen LogP contribution < -0.4 is 10.6 Å². The van der Waals surface area contributed by atoms with Crippen LogP contribution in [0.15, 0.2) is 42.5 Å². The maximum Gasteiger partial charge on any atom is 0.307 e. The average Bonchev–Trinajstić information content (AvgIpc) is 2.88. The number of aldehydes is 1. The summed E-state index contributed by atoms with van der Waals surface area (Å²) in [5.41, 5.74) is 2.29. The molecule has 0 radical (unpaired) electrons. The molecule has 1 fully saturated rings. The van der Waals surface area contributed by atoms with Gasteiger partial charge in [0.2, 0.25) is 5.91 Å². The predicted octanol–water partition coefficient (Wildman–Crippen LogP) is 6.45. The minimum atomic E-state index is -0.755. The first-order valence-corrected chi connectivity index (χ1v) is 13.4. The molecule has 8 nitrogen and oxygen atoms in total. The molecule has 3 atom stereocenters. The third-order valence-electron chi connectivity index (χ3n) is 6.51. The Hall–Kier alpha value is -3.10. The Kier molecular flexibility index (Phi) is 16.8. The molecular formula is C29H40Cl2N2O6. The van der Waals surface area contributed by atoms with Crippen molar-refractivity contribution in [2.75, 3.05) is 12.4 Å². The Bertz CT molecular complexity index is 1040. The first-order valence-electron chi connectivity index (χ1n) is 12.7. The fourth-order valence-corrected chi connectivity index (χ4v) is 4.66. The van der Waals surface area contributed by atoms with E-state index in [4.69, 9.17) is 38.2 Å². The van der Waals surface area contributed by atoms with E-state index in [2.05, 4.69) is 22.8 Å². The molecule has 0 aromatic heterocycles. The third-order valence-corrected chi connectivity index (χ3v) is 7.17. The highest BCUT2D eigenvalue weighted by Crippen LogP contribution is 2.52. The van der Waals surface area contributed by atoms with Gasteiger partial charge in [-0.05, 0) is 60.9 Å². The quantitative estimate of drug-likeness (QED) is 0.263. The molecule has 0 heterocycles. The Morgan fingerprint density at radius 1 is 1.08 bits per heavy atom. The second-order valence-corrected chi connectivity index (χ2v) is 10.1. The number of anilines is 1. The number of carbonyl (C=O) groups excluding carboxylic acids is 2. The van der Waals surface area contributed by atoms with Crippen LogP contribution in [-0.4, -0.2) is 47.9 Å². The van der Waals surface area contributed by atoms with Crippen molar-refractivity contribution < 1.29 is 29.4 Å². The summed E-state index contributed by atoms with van der Waals surface area (Å²) >= 11 is 11.2. The molecule has 3 rings (SSSR count). The number of amides is 1. The number of carboxylic acid groups (broad SMARTS) is 2. The molecule has 0 saturated heterocycles. The smallest absolute Gasteiger partial charge is 0.307 e. The molecule has 2 aromatic rings. The lowest BCUT2D eigenvalue weighted by Crippen LogP contribution is -2.50. The van der Waals surface area contributed by atoms with Gasteiger partial charge in [-0.3, -0.25) is 19.2 Å². The Balaban J connectivity index is 0.000000796. The van der Waals surface area contributed by atoms with Gasteiger partial charge in [-0.25, -0.2) is 0 Å². The van der Waals surface area contributed by atoms with Gasteiger partial charge in [-0.1, -0.05) is 69.1 Å². The second kappa shape index (κ2) is 18.2. The van der Waals surface area contributed by atoms with Crippen LogP contribution in [0.4, 0.5) is 5.69 Å². The molecule has 0 spiro atoms. The van der Waals surface area contributed by atoms with Gasteiger partial charge in [-0.2, -0.15) is 0 Å². The lowest BCUT2D eigenvalue weighted by molar-refractivity contribution is -0.160. The highest BCUT2D eigenvalue weighted by atomic mass is 35.5. The van der Waals surface area contributed by atoms with Gasteiger partial charge in [0, 0.05) is 25.2 Å². The number of benzene rings is 2. The topological polar surface area (TPSA) is 133 Å². The van der Waals surface area contributed by atoms with Crippen LogP contribution in [0, 0.1) is 17.3 Å². The van der Waals surface area contributed by atoms with Crippen molar-refractivity contribution in [2.45, 2.75) is 59.9 Å². The maximum absolute atomic E-state index is 12.2. The lowest BCUT2D eigenvalue weighted by Gasteiger charge is -2.49. The van der Waals surface area contributed by atoms with E-state index in [1.807, 2.05) is 53.8 Å². The second-order valence-electron chi connectivity index (χ2n) is 9.33. The van der Waals surface area contributed by atoms with Crippen LogP contribution >= 0.6 is 23.2 Å². The molecule has 216 valence electrons. The molecule has 0 aliphatic heterocycles. The first kappa shape index (κ1) is 35.9. The number of hydrogen-bond donors (Lipinski definition) is 4. The summed E-state index contributed by atoms with van der Waals surface area (Å²) in [4.78, 5) is 42.0. The van der Waals surface area contributed by atoms with Crippen LogP contribution in [0.25, 0.3) is 0 Å². The van der Waals surface area contributed by atoms with Crippen molar-refractivity contribution in [1.82, 2.24) is 5.32 Å². The minimum Gasteiger partial charge on any atom is -0.483 e. The fraction of sp³-hybridized carbons (Fsp3) is 0.448. The van der Waals surface area contributed by atoms with Crippen LogP contribution in [0.1, 0.15) is 63.4 Å². The van der Waals surface area contributed by atoms with Gasteiger partial charge in [-0.15, -0.1) is 0 Å². The monoisotopic (exact) mass is 582 g/mol. The van der Waals surface area contributed by atoms with Gasteiger partial charge < -0.3 is 20.8 Å². The van der Waals surface area contributed by atoms with Crippen molar-refractivity contribution in [3.05, 3.63) is 63.6 Å². The lowest BCUT2D eigenvalue weighted by atomic mass is 9.54. The Morgan fingerprint density at radius 3 is 1.97 bits per heavy atom. The largest absolute Gasteiger partial charge is 0.483 e. The van der Waals surface area contributed by atoms with Crippen LogP contribution in [0.3, 0.4) is 0 Å². The molecule has 1 aliphatic rings. The van der Waals surface area contributed by atoms with E-state index < -0.39 is 5.97 Å². The van der Waals surface area contributed by atoms with E-state index in [0.29, 0.717) is 34.7 Å². The van der Waals surface area contributed by atoms with E-state index in [1.54, 1.807) is 18.2 Å². The molecule has 2 aromatic carbocycles. The summed E-state index contributed by atoms with van der Waals surface area (Å²) in [6.07, 6.45) is 2.42. The highest BCUT2D eigenvalue weighted by molar-refractivity contribution is 6.38. The van der Waals surface area contributed by atoms with Crippen molar-refractivity contribution in [2.24, 2.45) is 17.3 Å². The van der Waals surface area contributed by atoms with Crippen molar-refractivity contribution >= 4 is 53.5 Å². The SMILES string of the molecule is CC.CNc1ccc(CC(C)NC(=O)CC2CC(C(=O)O)C2(C)C)cc1.O=CO.O=Cc1c(Cl)cccc1Cl. The maximum atomic E-state index is 12.2. The summed E-state index contributed by atoms with van der Waals surface area (Å²) in [7, 11) is 1.88. The third kappa shape index (κ3) is 11.7. The van der Waals surface area contributed by atoms with Crippen LogP contribution in [0.2, 0.25) is 10.0 Å². The van der Waals surface area contributed by atoms with Crippen LogP contribution in [-0.2, 0) is 20.8 Å². The van der Waals surface area contributed by atoms with Gasteiger partial charge in [0.15, 0.2) is 6.29 Å². The van der Waals surface area contributed by atoms with Gasteiger partial charge in [0.05, 0.1) is 21.5 Å². The van der Waals surface area contributed by atoms with Crippen LogP contribution in [0.5, 0.6) is 0 Å². The summed E-state index contributed by atoms with van der Waals surface area (Å²) in [5.74, 6) is -0.939. The number of rotatable bonds is 8. The van der Waals surface area contributed by atoms with E-state index in [-0.39, 0.29) is 35.7 Å². The van der Waals surface area contributed by atoms with Crippen molar-refractivity contribution in [1.29, 1.82) is 0 Å². The highest BCUT2D eigenvalue weighted by Gasteiger charge is 2.52. The van der Waals surface area contributed by atoms with Gasteiger partial charge >= 0.3 is 5.97 Å². The van der Waals surface area contributed by atoms with Crippen molar-refractivity contribution in [3.63, 3.8) is 0 Å². The zero-order chi connectivity index (χ0) is 30.2. The number of hydrogen-bond acceptors (Lipinski definition) is 5. The summed E-state index contributed by atoms with van der Waals surface area (Å²) in [6.45, 7) is 9.63. The van der Waals surface area contributed by atoms with Gasteiger partial charge in [0.1, 0.15) is 0 Å². The van der Waals surface area contributed by atoms with E-state index in [1.165, 1.54) is 5.56 Å². The molecule has 3 unspecified atom stereocenters. The number of carbonyl (C=O) groups is 4. The summed E-state index contributed by atoms with van der Waals surface area (Å²) in [6, 6.07) is 13.1. The molecule has 1 aliphatic carbocycles. The normalized spacial score (nSPS) is 17.0. The minimum absolute atomic E-state index is 0.0104. The molecule has 4 N–H and O–H groups in total. The summed E-state index contributed by atoms with van der Waals surface area (Å²) in [5, 5.41) is 23.0. The molecule has 1 saturated carbocycles. The van der Waals surface area contributed by atoms with Gasteiger partial charge in [0.25, 0.3) is 6.47 Å².